The van der Waals surface area contributed by atoms with Crippen molar-refractivity contribution >= 4 is 0 Å². The third-order valence-electron chi connectivity index (χ3n) is 2.60. The van der Waals surface area contributed by atoms with Gasteiger partial charge in [-0.15, -0.1) is 0 Å². The number of aromatic hydroxyl groups is 1. The van der Waals surface area contributed by atoms with Crippen LogP contribution in [-0.2, 0) is 6.54 Å². The molecule has 2 heterocycles. The van der Waals surface area contributed by atoms with Crippen LogP contribution < -0.4 is 5.32 Å². The molecule has 2 rings (SSSR count). The highest BCUT2D eigenvalue weighted by atomic mass is 16.3. The summed E-state index contributed by atoms with van der Waals surface area (Å²) >= 11 is 0. The zero-order chi connectivity index (χ0) is 12.1. The van der Waals surface area contributed by atoms with E-state index in [1.165, 1.54) is 11.8 Å². The Morgan fingerprint density at radius 2 is 2.00 bits per heavy atom. The largest absolute Gasteiger partial charge is 0.506 e. The van der Waals surface area contributed by atoms with E-state index in [0.717, 1.165) is 5.69 Å². The minimum atomic E-state index is 0.191. The average molecular weight is 229 g/mol. The van der Waals surface area contributed by atoms with Crippen molar-refractivity contribution in [3.05, 3.63) is 54.1 Å². The van der Waals surface area contributed by atoms with Crippen LogP contribution in [0.5, 0.6) is 5.75 Å². The van der Waals surface area contributed by atoms with Crippen molar-refractivity contribution in [2.45, 2.75) is 19.5 Å². The van der Waals surface area contributed by atoms with E-state index < -0.39 is 0 Å². The van der Waals surface area contributed by atoms with Crippen molar-refractivity contribution in [1.82, 2.24) is 15.3 Å². The molecule has 0 aliphatic rings. The molecule has 4 heteroatoms. The van der Waals surface area contributed by atoms with Crippen molar-refractivity contribution in [1.29, 1.82) is 0 Å². The first-order valence-corrected chi connectivity index (χ1v) is 5.53. The fraction of sp³-hybridized carbons (Fsp3) is 0.231. The summed E-state index contributed by atoms with van der Waals surface area (Å²) in [5.41, 5.74) is 2.10. The van der Waals surface area contributed by atoms with Gasteiger partial charge < -0.3 is 10.4 Å². The normalized spacial score (nSPS) is 12.3. The summed E-state index contributed by atoms with van der Waals surface area (Å²) in [6, 6.07) is 7.67. The molecule has 2 aromatic heterocycles. The molecular formula is C13H15N3O. The Morgan fingerprint density at radius 3 is 2.65 bits per heavy atom. The zero-order valence-electron chi connectivity index (χ0n) is 9.67. The van der Waals surface area contributed by atoms with E-state index in [1.54, 1.807) is 18.5 Å². The highest BCUT2D eigenvalue weighted by Crippen LogP contribution is 2.11. The summed E-state index contributed by atoms with van der Waals surface area (Å²) in [6.45, 7) is 2.76. The molecule has 17 heavy (non-hydrogen) atoms. The van der Waals surface area contributed by atoms with Gasteiger partial charge in [-0.05, 0) is 36.8 Å². The Bertz CT molecular complexity index is 456. The van der Waals surface area contributed by atoms with Gasteiger partial charge in [0.15, 0.2) is 0 Å². The van der Waals surface area contributed by atoms with Crippen molar-refractivity contribution in [2.75, 3.05) is 0 Å². The van der Waals surface area contributed by atoms with Crippen LogP contribution in [0, 0.1) is 0 Å². The van der Waals surface area contributed by atoms with Gasteiger partial charge in [0.25, 0.3) is 0 Å². The van der Waals surface area contributed by atoms with E-state index in [9.17, 15) is 0 Å². The predicted molar refractivity (Wildman–Crippen MR) is 65.4 cm³/mol. The van der Waals surface area contributed by atoms with Gasteiger partial charge in [0.1, 0.15) is 5.75 Å². The molecule has 0 radical (unpaired) electrons. The summed E-state index contributed by atoms with van der Waals surface area (Å²) in [7, 11) is 0. The molecule has 0 fully saturated rings. The van der Waals surface area contributed by atoms with Crippen LogP contribution in [0.1, 0.15) is 24.2 Å². The zero-order valence-corrected chi connectivity index (χ0v) is 9.67. The first kappa shape index (κ1) is 11.5. The molecule has 1 atom stereocenters. The van der Waals surface area contributed by atoms with Gasteiger partial charge in [-0.1, -0.05) is 0 Å². The maximum absolute atomic E-state index is 9.12. The summed E-state index contributed by atoms with van der Waals surface area (Å²) in [6.07, 6.45) is 5.02. The Kier molecular flexibility index (Phi) is 3.67. The minimum absolute atomic E-state index is 0.191. The van der Waals surface area contributed by atoms with Gasteiger partial charge >= 0.3 is 0 Å². The molecular weight excluding hydrogens is 214 g/mol. The highest BCUT2D eigenvalue weighted by Gasteiger charge is 2.04. The molecule has 2 aromatic rings. The van der Waals surface area contributed by atoms with Crippen molar-refractivity contribution in [2.24, 2.45) is 0 Å². The fourth-order valence-corrected chi connectivity index (χ4v) is 1.55. The Hall–Kier alpha value is -1.94. The van der Waals surface area contributed by atoms with E-state index in [-0.39, 0.29) is 11.8 Å². The summed E-state index contributed by atoms with van der Waals surface area (Å²) in [4.78, 5) is 8.11. The smallest absolute Gasteiger partial charge is 0.133 e. The van der Waals surface area contributed by atoms with Crippen LogP contribution in [0.4, 0.5) is 0 Å². The topological polar surface area (TPSA) is 58.0 Å². The van der Waals surface area contributed by atoms with Crippen LogP contribution in [-0.4, -0.2) is 15.1 Å². The maximum atomic E-state index is 9.12. The number of nitrogens with one attached hydrogen (secondary N) is 1. The van der Waals surface area contributed by atoms with Gasteiger partial charge in [-0.25, -0.2) is 0 Å². The molecule has 2 N–H and O–H groups in total. The van der Waals surface area contributed by atoms with Gasteiger partial charge in [0.2, 0.25) is 0 Å². The van der Waals surface area contributed by atoms with Crippen LogP contribution in [0.15, 0.2) is 42.9 Å². The Morgan fingerprint density at radius 1 is 1.24 bits per heavy atom. The lowest BCUT2D eigenvalue weighted by atomic mass is 10.1. The number of aromatic nitrogens is 2. The van der Waals surface area contributed by atoms with E-state index in [1.807, 2.05) is 18.2 Å². The van der Waals surface area contributed by atoms with Crippen LogP contribution in [0.3, 0.4) is 0 Å². The molecule has 88 valence electrons. The summed E-state index contributed by atoms with van der Waals surface area (Å²) < 4.78 is 0. The molecule has 0 aliphatic heterocycles. The second-order valence-corrected chi connectivity index (χ2v) is 3.89. The number of hydrogen-bond acceptors (Lipinski definition) is 4. The lowest BCUT2D eigenvalue weighted by molar-refractivity contribution is 0.471. The predicted octanol–water partition coefficient (Wildman–Crippen LogP) is 2.03. The third kappa shape index (κ3) is 3.26. The first-order chi connectivity index (χ1) is 8.25. The maximum Gasteiger partial charge on any atom is 0.133 e. The monoisotopic (exact) mass is 229 g/mol. The second kappa shape index (κ2) is 5.41. The Labute approximate surface area is 100 Å². The quantitative estimate of drug-likeness (QED) is 0.842. The molecule has 1 unspecified atom stereocenters. The number of hydrogen-bond donors (Lipinski definition) is 2. The summed E-state index contributed by atoms with van der Waals surface area (Å²) in [5, 5.41) is 12.5. The van der Waals surface area contributed by atoms with Crippen molar-refractivity contribution in [3.63, 3.8) is 0 Å². The number of pyridine rings is 2. The fourth-order valence-electron chi connectivity index (χ4n) is 1.55. The lowest BCUT2D eigenvalue weighted by Gasteiger charge is -2.13. The van der Waals surface area contributed by atoms with Crippen LogP contribution in [0.2, 0.25) is 0 Å². The standard InChI is InChI=1S/C13H15N3O/c1-10(11-4-6-14-7-5-11)15-8-12-2-3-13(17)9-16-12/h2-7,9-10,15,17H,8H2,1H3. The van der Waals surface area contributed by atoms with E-state index in [0.29, 0.717) is 6.54 Å². The lowest BCUT2D eigenvalue weighted by Crippen LogP contribution is -2.18. The van der Waals surface area contributed by atoms with Crippen molar-refractivity contribution in [3.8, 4) is 5.75 Å². The molecule has 0 bridgehead atoms. The van der Waals surface area contributed by atoms with E-state index in [4.69, 9.17) is 5.11 Å². The highest BCUT2D eigenvalue weighted by molar-refractivity contribution is 5.18. The molecule has 0 saturated carbocycles. The van der Waals surface area contributed by atoms with Gasteiger partial charge in [-0.2, -0.15) is 0 Å². The average Bonchev–Trinajstić information content (AvgIpc) is 2.39. The SMILES string of the molecule is CC(NCc1ccc(O)cn1)c1ccncc1. The summed E-state index contributed by atoms with van der Waals surface area (Å²) in [5.74, 6) is 0.191. The van der Waals surface area contributed by atoms with E-state index >= 15 is 0 Å². The van der Waals surface area contributed by atoms with Crippen LogP contribution in [0.25, 0.3) is 0 Å². The van der Waals surface area contributed by atoms with Gasteiger partial charge in [-0.3, -0.25) is 9.97 Å². The molecule has 0 amide bonds. The second-order valence-electron chi connectivity index (χ2n) is 3.89. The molecule has 0 aromatic carbocycles. The van der Waals surface area contributed by atoms with Crippen molar-refractivity contribution < 1.29 is 5.11 Å². The number of rotatable bonds is 4. The van der Waals surface area contributed by atoms with Gasteiger partial charge in [0.05, 0.1) is 11.9 Å². The van der Waals surface area contributed by atoms with Crippen LogP contribution >= 0.6 is 0 Å². The molecule has 0 spiro atoms. The molecule has 0 saturated heterocycles. The van der Waals surface area contributed by atoms with E-state index in [2.05, 4.69) is 22.2 Å². The van der Waals surface area contributed by atoms with Gasteiger partial charge in [0, 0.05) is 25.0 Å². The Balaban J connectivity index is 1.92. The number of nitrogens with zero attached hydrogens (tertiary/aromatic N) is 2. The minimum Gasteiger partial charge on any atom is -0.506 e. The third-order valence-corrected chi connectivity index (χ3v) is 2.60. The molecule has 4 nitrogen and oxygen atoms in total. The first-order valence-electron chi connectivity index (χ1n) is 5.53. The molecule has 0 aliphatic carbocycles.